The lowest BCUT2D eigenvalue weighted by atomic mass is 9.99. The van der Waals surface area contributed by atoms with Gasteiger partial charge in [-0.2, -0.15) is 0 Å². The summed E-state index contributed by atoms with van der Waals surface area (Å²) in [6.07, 6.45) is 0. The molecule has 2 N–H and O–H groups in total. The average molecular weight is 355 g/mol. The molecular formula is C16H21NO6S. The highest BCUT2D eigenvalue weighted by molar-refractivity contribution is 7.92. The van der Waals surface area contributed by atoms with Crippen molar-refractivity contribution in [2.24, 2.45) is 11.1 Å². The fourth-order valence-electron chi connectivity index (χ4n) is 3.53. The molecule has 3 atom stereocenters. The number of rotatable bonds is 6. The van der Waals surface area contributed by atoms with E-state index in [2.05, 4.69) is 0 Å². The van der Waals surface area contributed by atoms with Gasteiger partial charge in [-0.15, -0.1) is 0 Å². The second-order valence-electron chi connectivity index (χ2n) is 5.93. The molecule has 8 heteroatoms. The smallest absolute Gasteiger partial charge is 0.315 e. The van der Waals surface area contributed by atoms with Crippen LogP contribution in [0.1, 0.15) is 25.3 Å². The lowest BCUT2D eigenvalue weighted by molar-refractivity contribution is -0.149. The maximum Gasteiger partial charge on any atom is 0.315 e. The molecule has 0 aromatic heterocycles. The van der Waals surface area contributed by atoms with Gasteiger partial charge in [-0.05, 0) is 24.6 Å². The zero-order chi connectivity index (χ0) is 17.5. The van der Waals surface area contributed by atoms with Crippen LogP contribution in [0, 0.1) is 5.41 Å². The van der Waals surface area contributed by atoms with Crippen LogP contribution in [0.2, 0.25) is 0 Å². The van der Waals surface area contributed by atoms with E-state index in [0.29, 0.717) is 17.1 Å². The Morgan fingerprint density at radius 3 is 2.67 bits per heavy atom. The predicted molar refractivity (Wildman–Crippen MR) is 86.7 cm³/mol. The number of nitrogens with two attached hydrogens (primary N) is 1. The highest BCUT2D eigenvalue weighted by atomic mass is 32.2. The highest BCUT2D eigenvalue weighted by Crippen LogP contribution is 2.63. The molecule has 0 radical (unpaired) electrons. The van der Waals surface area contributed by atoms with Crippen molar-refractivity contribution in [3.8, 4) is 11.5 Å². The monoisotopic (exact) mass is 355 g/mol. The average Bonchev–Trinajstić information content (AvgIpc) is 3.07. The van der Waals surface area contributed by atoms with Gasteiger partial charge in [0, 0.05) is 18.2 Å². The third-order valence-corrected chi connectivity index (χ3v) is 7.07. The Kier molecular flexibility index (Phi) is 4.21. The molecule has 0 amide bonds. The molecule has 1 aromatic rings. The van der Waals surface area contributed by atoms with E-state index in [0.717, 1.165) is 0 Å². The molecule has 0 bridgehead atoms. The quantitative estimate of drug-likeness (QED) is 0.753. The van der Waals surface area contributed by atoms with Crippen LogP contribution < -0.4 is 15.2 Å². The van der Waals surface area contributed by atoms with E-state index in [9.17, 15) is 13.2 Å². The summed E-state index contributed by atoms with van der Waals surface area (Å²) in [4.78, 5) is 12.5. The zero-order valence-electron chi connectivity index (χ0n) is 13.7. The maximum absolute atomic E-state index is 12.5. The fourth-order valence-corrected chi connectivity index (χ4v) is 5.60. The van der Waals surface area contributed by atoms with Gasteiger partial charge in [-0.25, -0.2) is 8.42 Å². The molecule has 132 valence electrons. The van der Waals surface area contributed by atoms with Crippen molar-refractivity contribution in [3.05, 3.63) is 23.8 Å². The normalized spacial score (nSPS) is 27.8. The Hall–Kier alpha value is -1.80. The second kappa shape index (κ2) is 5.93. The van der Waals surface area contributed by atoms with Crippen molar-refractivity contribution >= 4 is 15.8 Å². The van der Waals surface area contributed by atoms with Gasteiger partial charge in [0.2, 0.25) is 6.79 Å². The van der Waals surface area contributed by atoms with Gasteiger partial charge in [-0.3, -0.25) is 4.79 Å². The maximum atomic E-state index is 12.5. The number of carbonyl (C=O) groups excluding carboxylic acids is 1. The summed E-state index contributed by atoms with van der Waals surface area (Å²) < 4.78 is 40.9. The summed E-state index contributed by atoms with van der Waals surface area (Å²) in [6.45, 7) is 3.46. The first-order chi connectivity index (χ1) is 11.4. The number of carbonyl (C=O) groups is 1. The van der Waals surface area contributed by atoms with Crippen LogP contribution in [-0.2, 0) is 19.4 Å². The van der Waals surface area contributed by atoms with Gasteiger partial charge in [-0.1, -0.05) is 13.0 Å². The second-order valence-corrected chi connectivity index (χ2v) is 8.34. The van der Waals surface area contributed by atoms with E-state index in [4.69, 9.17) is 19.9 Å². The van der Waals surface area contributed by atoms with E-state index in [1.165, 1.54) is 0 Å². The number of sulfone groups is 1. The van der Waals surface area contributed by atoms with Crippen molar-refractivity contribution in [2.45, 2.75) is 25.0 Å². The standard InChI is InChI=1S/C16H21NO6S/c1-3-21-15(18)16(8-17)13(14(16)24(19,20)4-2)10-5-6-11-12(7-10)23-9-22-11/h5-7,13-14H,3-4,8-9,17H2,1-2H3/t13-,14-,16+/m0/s1. The molecular weight excluding hydrogens is 334 g/mol. The molecule has 1 heterocycles. The number of benzene rings is 1. The minimum atomic E-state index is -3.47. The van der Waals surface area contributed by atoms with Crippen molar-refractivity contribution < 1.29 is 27.4 Å². The number of esters is 1. The first-order valence-electron chi connectivity index (χ1n) is 7.90. The summed E-state index contributed by atoms with van der Waals surface area (Å²) in [5.74, 6) is -0.0105. The van der Waals surface area contributed by atoms with Crippen molar-refractivity contribution in [3.63, 3.8) is 0 Å². The lowest BCUT2D eigenvalue weighted by Crippen LogP contribution is -2.34. The van der Waals surface area contributed by atoms with Gasteiger partial charge < -0.3 is 19.9 Å². The van der Waals surface area contributed by atoms with E-state index in [1.807, 2.05) is 0 Å². The van der Waals surface area contributed by atoms with E-state index >= 15 is 0 Å². The molecule has 3 rings (SSSR count). The highest BCUT2D eigenvalue weighted by Gasteiger charge is 2.75. The third kappa shape index (κ3) is 2.36. The summed E-state index contributed by atoms with van der Waals surface area (Å²) in [6, 6.07) is 5.20. The first-order valence-corrected chi connectivity index (χ1v) is 9.62. The van der Waals surface area contributed by atoms with Crippen molar-refractivity contribution in [1.29, 1.82) is 0 Å². The molecule has 1 aliphatic heterocycles. The van der Waals surface area contributed by atoms with Crippen molar-refractivity contribution in [1.82, 2.24) is 0 Å². The SMILES string of the molecule is CCOC(=O)[C@]1(CN)[C@@H](c2ccc3c(c2)OCO3)[C@@H]1S(=O)(=O)CC. The lowest BCUT2D eigenvalue weighted by Gasteiger charge is -2.14. The molecule has 1 aromatic carbocycles. The molecule has 1 aliphatic carbocycles. The summed E-state index contributed by atoms with van der Waals surface area (Å²) in [5, 5.41) is -0.876. The molecule has 1 saturated carbocycles. The molecule has 24 heavy (non-hydrogen) atoms. The summed E-state index contributed by atoms with van der Waals surface area (Å²) in [7, 11) is -3.47. The molecule has 7 nitrogen and oxygen atoms in total. The number of fused-ring (bicyclic) bond motifs is 1. The molecule has 0 unspecified atom stereocenters. The summed E-state index contributed by atoms with van der Waals surface area (Å²) in [5.41, 5.74) is 5.32. The van der Waals surface area contributed by atoms with Crippen LogP contribution >= 0.6 is 0 Å². The molecule has 0 spiro atoms. The van der Waals surface area contributed by atoms with Gasteiger partial charge in [0.1, 0.15) is 5.41 Å². The third-order valence-electron chi connectivity index (χ3n) is 4.79. The van der Waals surface area contributed by atoms with Crippen LogP contribution in [0.3, 0.4) is 0 Å². The van der Waals surface area contributed by atoms with Crippen LogP contribution in [0.4, 0.5) is 0 Å². The van der Waals surface area contributed by atoms with Crippen LogP contribution in [-0.4, -0.2) is 45.3 Å². The van der Waals surface area contributed by atoms with E-state index < -0.39 is 32.4 Å². The molecule has 0 saturated heterocycles. The Labute approximate surface area is 141 Å². The number of hydrogen-bond donors (Lipinski definition) is 1. The first kappa shape index (κ1) is 17.0. The number of hydrogen-bond acceptors (Lipinski definition) is 7. The largest absolute Gasteiger partial charge is 0.465 e. The fraction of sp³-hybridized carbons (Fsp3) is 0.562. The zero-order valence-corrected chi connectivity index (χ0v) is 14.5. The van der Waals surface area contributed by atoms with E-state index in [1.54, 1.807) is 32.0 Å². The summed E-state index contributed by atoms with van der Waals surface area (Å²) >= 11 is 0. The van der Waals surface area contributed by atoms with Crippen LogP contribution in [0.15, 0.2) is 18.2 Å². The van der Waals surface area contributed by atoms with Crippen LogP contribution in [0.25, 0.3) is 0 Å². The molecule has 1 fully saturated rings. The van der Waals surface area contributed by atoms with Crippen LogP contribution in [0.5, 0.6) is 11.5 Å². The minimum Gasteiger partial charge on any atom is -0.465 e. The Bertz CT molecular complexity index is 762. The Morgan fingerprint density at radius 1 is 1.33 bits per heavy atom. The number of ether oxygens (including phenoxy) is 3. The molecule has 2 aliphatic rings. The van der Waals surface area contributed by atoms with E-state index in [-0.39, 0.29) is 25.7 Å². The van der Waals surface area contributed by atoms with Gasteiger partial charge in [0.25, 0.3) is 0 Å². The van der Waals surface area contributed by atoms with Gasteiger partial charge in [0.15, 0.2) is 21.3 Å². The van der Waals surface area contributed by atoms with Gasteiger partial charge >= 0.3 is 5.97 Å². The van der Waals surface area contributed by atoms with Crippen molar-refractivity contribution in [2.75, 3.05) is 25.7 Å². The minimum absolute atomic E-state index is 0.0557. The Balaban J connectivity index is 2.05. The van der Waals surface area contributed by atoms with Gasteiger partial charge in [0.05, 0.1) is 11.9 Å². The predicted octanol–water partition coefficient (Wildman–Crippen LogP) is 0.824. The topological polar surface area (TPSA) is 105 Å². The Morgan fingerprint density at radius 2 is 2.04 bits per heavy atom.